The lowest BCUT2D eigenvalue weighted by atomic mass is 9.91. The summed E-state index contributed by atoms with van der Waals surface area (Å²) in [6.45, 7) is 3.77. The van der Waals surface area contributed by atoms with Crippen LogP contribution in [0.25, 0.3) is 0 Å². The van der Waals surface area contributed by atoms with Crippen LogP contribution in [0.3, 0.4) is 0 Å². The van der Waals surface area contributed by atoms with E-state index >= 15 is 0 Å². The number of rotatable bonds is 8. The summed E-state index contributed by atoms with van der Waals surface area (Å²) in [5, 5.41) is 0. The Balaban J connectivity index is 2.35. The second-order valence-corrected chi connectivity index (χ2v) is 5.41. The largest absolute Gasteiger partial charge is 0.493 e. The molecule has 2 aromatic rings. The summed E-state index contributed by atoms with van der Waals surface area (Å²) in [5.41, 5.74) is 1.08. The molecular formula is C20H21FO4. The van der Waals surface area contributed by atoms with Crippen molar-refractivity contribution in [1.82, 2.24) is 0 Å². The van der Waals surface area contributed by atoms with Gasteiger partial charge in [0.05, 0.1) is 26.9 Å². The van der Waals surface area contributed by atoms with Crippen molar-refractivity contribution in [2.24, 2.45) is 0 Å². The number of hydrogen-bond donors (Lipinski definition) is 0. The van der Waals surface area contributed by atoms with E-state index in [2.05, 4.69) is 6.58 Å². The molecule has 1 unspecified atom stereocenters. The van der Waals surface area contributed by atoms with Gasteiger partial charge in [-0.2, -0.15) is 0 Å². The highest BCUT2D eigenvalue weighted by Crippen LogP contribution is 2.40. The average Bonchev–Trinajstić information content (AvgIpc) is 2.64. The summed E-state index contributed by atoms with van der Waals surface area (Å²) in [4.78, 5) is 12.8. The molecule has 2 rings (SSSR count). The molecule has 0 N–H and O–H groups in total. The van der Waals surface area contributed by atoms with Gasteiger partial charge in [-0.1, -0.05) is 18.2 Å². The standard InChI is InChI=1S/C20H21FO4/c1-5-13(14-7-6-8-15(21)11-14)12-17(22)16-9-10-18(23-2)20(25-4)19(16)24-3/h5-11,13H,1,12H2,2-4H3. The Labute approximate surface area is 146 Å². The van der Waals surface area contributed by atoms with Crippen molar-refractivity contribution in [3.05, 3.63) is 66.0 Å². The molecule has 0 amide bonds. The predicted molar refractivity (Wildman–Crippen MR) is 94.4 cm³/mol. The third kappa shape index (κ3) is 3.99. The van der Waals surface area contributed by atoms with Gasteiger partial charge in [0.15, 0.2) is 17.3 Å². The average molecular weight is 344 g/mol. The highest BCUT2D eigenvalue weighted by Gasteiger charge is 2.23. The monoisotopic (exact) mass is 344 g/mol. The van der Waals surface area contributed by atoms with Crippen molar-refractivity contribution in [3.63, 3.8) is 0 Å². The zero-order valence-electron chi connectivity index (χ0n) is 14.5. The number of carbonyl (C=O) groups excluding carboxylic acids is 1. The third-order valence-electron chi connectivity index (χ3n) is 3.97. The molecular weight excluding hydrogens is 323 g/mol. The molecule has 0 aromatic heterocycles. The fourth-order valence-electron chi connectivity index (χ4n) is 2.71. The van der Waals surface area contributed by atoms with Crippen LogP contribution in [0.15, 0.2) is 49.1 Å². The van der Waals surface area contributed by atoms with Gasteiger partial charge >= 0.3 is 0 Å². The van der Waals surface area contributed by atoms with Gasteiger partial charge in [0.1, 0.15) is 5.82 Å². The molecule has 0 radical (unpaired) electrons. The number of methoxy groups -OCH3 is 3. The van der Waals surface area contributed by atoms with E-state index in [9.17, 15) is 9.18 Å². The molecule has 0 saturated heterocycles. The number of hydrogen-bond acceptors (Lipinski definition) is 4. The Morgan fingerprint density at radius 2 is 1.84 bits per heavy atom. The molecule has 132 valence electrons. The minimum atomic E-state index is -0.347. The van der Waals surface area contributed by atoms with E-state index < -0.39 is 0 Å². The van der Waals surface area contributed by atoms with Gasteiger partial charge in [0, 0.05) is 12.3 Å². The Hall–Kier alpha value is -2.82. The Bertz CT molecular complexity index is 770. The van der Waals surface area contributed by atoms with Gasteiger partial charge in [-0.25, -0.2) is 4.39 Å². The molecule has 0 spiro atoms. The molecule has 0 aliphatic rings. The maximum atomic E-state index is 13.5. The van der Waals surface area contributed by atoms with Gasteiger partial charge < -0.3 is 14.2 Å². The fourth-order valence-corrected chi connectivity index (χ4v) is 2.71. The molecule has 25 heavy (non-hydrogen) atoms. The molecule has 5 heteroatoms. The highest BCUT2D eigenvalue weighted by molar-refractivity contribution is 6.00. The molecule has 0 aliphatic carbocycles. The predicted octanol–water partition coefficient (Wildman–Crippen LogP) is 4.39. The normalized spacial score (nSPS) is 11.5. The van der Waals surface area contributed by atoms with Crippen LogP contribution in [0.4, 0.5) is 4.39 Å². The smallest absolute Gasteiger partial charge is 0.204 e. The number of carbonyl (C=O) groups is 1. The molecule has 2 aromatic carbocycles. The van der Waals surface area contributed by atoms with Crippen molar-refractivity contribution in [3.8, 4) is 17.2 Å². The zero-order valence-corrected chi connectivity index (χ0v) is 14.5. The number of allylic oxidation sites excluding steroid dienone is 1. The van der Waals surface area contributed by atoms with Crippen molar-refractivity contribution < 1.29 is 23.4 Å². The van der Waals surface area contributed by atoms with E-state index in [-0.39, 0.29) is 23.9 Å². The molecule has 0 fully saturated rings. The van der Waals surface area contributed by atoms with Crippen LogP contribution in [-0.2, 0) is 0 Å². The molecule has 4 nitrogen and oxygen atoms in total. The topological polar surface area (TPSA) is 44.8 Å². The van der Waals surface area contributed by atoms with Crippen LogP contribution in [0.2, 0.25) is 0 Å². The summed E-state index contributed by atoms with van der Waals surface area (Å²) in [7, 11) is 4.45. The van der Waals surface area contributed by atoms with Gasteiger partial charge in [-0.3, -0.25) is 4.79 Å². The van der Waals surface area contributed by atoms with Crippen molar-refractivity contribution >= 4 is 5.78 Å². The van der Waals surface area contributed by atoms with E-state index in [1.54, 1.807) is 30.3 Å². The lowest BCUT2D eigenvalue weighted by Gasteiger charge is -2.17. The first kappa shape index (κ1) is 18.5. The molecule has 0 bridgehead atoms. The molecule has 1 atom stereocenters. The van der Waals surface area contributed by atoms with E-state index in [0.29, 0.717) is 28.4 Å². The summed E-state index contributed by atoms with van der Waals surface area (Å²) < 4.78 is 29.3. The first-order chi connectivity index (χ1) is 12.0. The number of Topliss-reactive ketones (excluding diaryl/α,β-unsaturated/α-hetero) is 1. The highest BCUT2D eigenvalue weighted by atomic mass is 19.1. The maximum Gasteiger partial charge on any atom is 0.204 e. The van der Waals surface area contributed by atoms with Crippen LogP contribution < -0.4 is 14.2 Å². The minimum Gasteiger partial charge on any atom is -0.493 e. The first-order valence-corrected chi connectivity index (χ1v) is 7.75. The quantitative estimate of drug-likeness (QED) is 0.526. The Morgan fingerprint density at radius 1 is 1.12 bits per heavy atom. The van der Waals surface area contributed by atoms with E-state index in [1.807, 2.05) is 0 Å². The Morgan fingerprint density at radius 3 is 2.40 bits per heavy atom. The number of ketones is 1. The second-order valence-electron chi connectivity index (χ2n) is 5.41. The fraction of sp³-hybridized carbons (Fsp3) is 0.250. The summed E-state index contributed by atoms with van der Waals surface area (Å²) in [5.74, 6) is 0.334. The van der Waals surface area contributed by atoms with E-state index in [1.165, 1.54) is 33.5 Å². The minimum absolute atomic E-state index is 0.138. The first-order valence-electron chi connectivity index (χ1n) is 7.75. The summed E-state index contributed by atoms with van der Waals surface area (Å²) >= 11 is 0. The summed E-state index contributed by atoms with van der Waals surface area (Å²) in [6.07, 6.45) is 1.78. The number of ether oxygens (including phenoxy) is 3. The van der Waals surface area contributed by atoms with Gasteiger partial charge in [-0.05, 0) is 29.8 Å². The molecule has 0 aliphatic heterocycles. The van der Waals surface area contributed by atoms with Crippen LogP contribution in [-0.4, -0.2) is 27.1 Å². The van der Waals surface area contributed by atoms with Crippen molar-refractivity contribution in [2.45, 2.75) is 12.3 Å². The lowest BCUT2D eigenvalue weighted by Crippen LogP contribution is -2.09. The maximum absolute atomic E-state index is 13.5. The van der Waals surface area contributed by atoms with Crippen LogP contribution in [0.1, 0.15) is 28.3 Å². The third-order valence-corrected chi connectivity index (χ3v) is 3.97. The van der Waals surface area contributed by atoms with Gasteiger partial charge in [0.25, 0.3) is 0 Å². The Kier molecular flexibility index (Phi) is 6.17. The number of halogens is 1. The summed E-state index contributed by atoms with van der Waals surface area (Å²) in [6, 6.07) is 9.44. The second kappa shape index (κ2) is 8.33. The van der Waals surface area contributed by atoms with E-state index in [0.717, 1.165) is 0 Å². The number of benzene rings is 2. The van der Waals surface area contributed by atoms with Crippen LogP contribution in [0, 0.1) is 5.82 Å². The van der Waals surface area contributed by atoms with Gasteiger partial charge in [0.2, 0.25) is 5.75 Å². The molecule has 0 heterocycles. The van der Waals surface area contributed by atoms with Crippen LogP contribution >= 0.6 is 0 Å². The van der Waals surface area contributed by atoms with Crippen molar-refractivity contribution in [1.29, 1.82) is 0 Å². The van der Waals surface area contributed by atoms with Crippen LogP contribution in [0.5, 0.6) is 17.2 Å². The van der Waals surface area contributed by atoms with E-state index in [4.69, 9.17) is 14.2 Å². The lowest BCUT2D eigenvalue weighted by molar-refractivity contribution is 0.0974. The molecule has 0 saturated carbocycles. The SMILES string of the molecule is C=CC(CC(=O)c1ccc(OC)c(OC)c1OC)c1cccc(F)c1. The van der Waals surface area contributed by atoms with Gasteiger partial charge in [-0.15, -0.1) is 6.58 Å². The van der Waals surface area contributed by atoms with Crippen molar-refractivity contribution in [2.75, 3.05) is 21.3 Å². The zero-order chi connectivity index (χ0) is 18.4.